The molecule has 1 N–H and O–H groups in total. The Morgan fingerprint density at radius 1 is 1.09 bits per heavy atom. The van der Waals surface area contributed by atoms with E-state index in [4.69, 9.17) is 4.74 Å². The number of hydrogen-bond donors (Lipinski definition) is 1. The second-order valence-corrected chi connectivity index (χ2v) is 10.1. The first-order chi connectivity index (χ1) is 15.9. The third kappa shape index (κ3) is 6.00. The zero-order chi connectivity index (χ0) is 23.3. The number of carbonyl (C=O) groups excluding carboxylic acids is 1. The lowest BCUT2D eigenvalue weighted by molar-refractivity contribution is -0.113. The Morgan fingerprint density at radius 3 is 2.52 bits per heavy atom. The fourth-order valence-electron chi connectivity index (χ4n) is 3.09. The van der Waals surface area contributed by atoms with Gasteiger partial charge in [-0.25, -0.2) is 4.98 Å². The highest BCUT2D eigenvalue weighted by molar-refractivity contribution is 7.99. The molecule has 0 atom stereocenters. The second-order valence-electron chi connectivity index (χ2n) is 8.31. The van der Waals surface area contributed by atoms with Gasteiger partial charge in [0, 0.05) is 17.3 Å². The monoisotopic (exact) mass is 479 g/mol. The third-order valence-electron chi connectivity index (χ3n) is 4.81. The number of benzene rings is 2. The normalized spacial score (nSPS) is 11.4. The van der Waals surface area contributed by atoms with E-state index in [1.54, 1.807) is 6.20 Å². The van der Waals surface area contributed by atoms with Crippen LogP contribution in [0, 0.1) is 0 Å². The predicted octanol–water partition coefficient (Wildman–Crippen LogP) is 5.33. The molecule has 0 saturated carbocycles. The van der Waals surface area contributed by atoms with Crippen LogP contribution in [0.5, 0.6) is 5.75 Å². The van der Waals surface area contributed by atoms with Crippen LogP contribution in [0.15, 0.2) is 71.3 Å². The van der Waals surface area contributed by atoms with Gasteiger partial charge in [-0.1, -0.05) is 62.9 Å². The van der Waals surface area contributed by atoms with Crippen LogP contribution in [0.25, 0.3) is 5.69 Å². The van der Waals surface area contributed by atoms with Gasteiger partial charge < -0.3 is 10.1 Å². The maximum absolute atomic E-state index is 12.3. The van der Waals surface area contributed by atoms with E-state index in [2.05, 4.69) is 53.4 Å². The summed E-state index contributed by atoms with van der Waals surface area (Å²) in [7, 11) is 0. The zero-order valence-corrected chi connectivity index (χ0v) is 20.3. The zero-order valence-electron chi connectivity index (χ0n) is 18.7. The topological polar surface area (TPSA) is 81.9 Å². The summed E-state index contributed by atoms with van der Waals surface area (Å²) in [5, 5.41) is 14.5. The van der Waals surface area contributed by atoms with Crippen molar-refractivity contribution in [2.75, 3.05) is 11.1 Å². The number of nitrogens with zero attached hydrogens (tertiary/aromatic N) is 4. The number of thioether (sulfide) groups is 1. The van der Waals surface area contributed by atoms with E-state index in [9.17, 15) is 4.79 Å². The molecule has 7 nitrogen and oxygen atoms in total. The summed E-state index contributed by atoms with van der Waals surface area (Å²) < 4.78 is 7.93. The van der Waals surface area contributed by atoms with E-state index in [-0.39, 0.29) is 23.7 Å². The van der Waals surface area contributed by atoms with Gasteiger partial charge in [-0.3, -0.25) is 9.36 Å². The van der Waals surface area contributed by atoms with Crippen LogP contribution in [-0.4, -0.2) is 31.4 Å². The van der Waals surface area contributed by atoms with Crippen molar-refractivity contribution in [3.05, 3.63) is 77.6 Å². The summed E-state index contributed by atoms with van der Waals surface area (Å²) in [6.45, 7) is 6.80. The number of ether oxygens (including phenoxy) is 1. The van der Waals surface area contributed by atoms with Crippen LogP contribution >= 0.6 is 23.1 Å². The first-order valence-electron chi connectivity index (χ1n) is 10.5. The number of para-hydroxylation sites is 1. The quantitative estimate of drug-likeness (QED) is 0.344. The number of rotatable bonds is 8. The van der Waals surface area contributed by atoms with Gasteiger partial charge in [0.2, 0.25) is 5.91 Å². The van der Waals surface area contributed by atoms with Gasteiger partial charge in [-0.05, 0) is 35.2 Å². The van der Waals surface area contributed by atoms with E-state index in [0.717, 1.165) is 11.4 Å². The molecular formula is C24H25N5O2S2. The molecular weight excluding hydrogens is 454 g/mol. The molecule has 0 radical (unpaired) electrons. The molecule has 9 heteroatoms. The van der Waals surface area contributed by atoms with E-state index in [1.165, 1.54) is 28.7 Å². The van der Waals surface area contributed by atoms with E-state index in [0.29, 0.717) is 16.1 Å². The highest BCUT2D eigenvalue weighted by Gasteiger charge is 2.17. The summed E-state index contributed by atoms with van der Waals surface area (Å²) >= 11 is 2.70. The Kier molecular flexibility index (Phi) is 7.10. The molecule has 2 heterocycles. The number of anilines is 1. The van der Waals surface area contributed by atoms with Gasteiger partial charge >= 0.3 is 0 Å². The van der Waals surface area contributed by atoms with Crippen LogP contribution in [0.4, 0.5) is 5.13 Å². The average Bonchev–Trinajstić information content (AvgIpc) is 3.46. The molecule has 4 rings (SSSR count). The minimum absolute atomic E-state index is 0.0873. The molecule has 170 valence electrons. The number of carbonyl (C=O) groups is 1. The first kappa shape index (κ1) is 23.0. The Bertz CT molecular complexity index is 1180. The molecule has 0 fully saturated rings. The van der Waals surface area contributed by atoms with Gasteiger partial charge in [0.05, 0.1) is 5.75 Å². The SMILES string of the molecule is CC(C)(C)c1ccc(OCc2nnc(SCC(=O)Nc3nccs3)n2-c2ccccc2)cc1. The standard InChI is InChI=1S/C24H25N5O2S2/c1-24(2,3)17-9-11-19(12-10-17)31-15-20-27-28-23(29(20)18-7-5-4-6-8-18)33-16-21(30)26-22-25-13-14-32-22/h4-14H,15-16H2,1-3H3,(H,25,26,30). The summed E-state index contributed by atoms with van der Waals surface area (Å²) in [5.41, 5.74) is 2.24. The van der Waals surface area contributed by atoms with Crippen LogP contribution in [0.3, 0.4) is 0 Å². The van der Waals surface area contributed by atoms with Crippen molar-refractivity contribution < 1.29 is 9.53 Å². The fraction of sp³-hybridized carbons (Fsp3) is 0.250. The van der Waals surface area contributed by atoms with Crippen molar-refractivity contribution in [1.29, 1.82) is 0 Å². The molecule has 0 bridgehead atoms. The van der Waals surface area contributed by atoms with Crippen molar-refractivity contribution in [2.24, 2.45) is 0 Å². The van der Waals surface area contributed by atoms with Gasteiger partial charge in [-0.15, -0.1) is 21.5 Å². The maximum atomic E-state index is 12.3. The Balaban J connectivity index is 1.48. The van der Waals surface area contributed by atoms with E-state index in [1.807, 2.05) is 52.4 Å². The lowest BCUT2D eigenvalue weighted by Crippen LogP contribution is -2.14. The third-order valence-corrected chi connectivity index (χ3v) is 6.43. The van der Waals surface area contributed by atoms with Gasteiger partial charge in [0.25, 0.3) is 0 Å². The fourth-order valence-corrected chi connectivity index (χ4v) is 4.41. The minimum Gasteiger partial charge on any atom is -0.486 e. The van der Waals surface area contributed by atoms with Crippen molar-refractivity contribution in [3.63, 3.8) is 0 Å². The summed E-state index contributed by atoms with van der Waals surface area (Å²) in [5.74, 6) is 1.47. The molecule has 0 saturated heterocycles. The Labute approximate surface area is 201 Å². The lowest BCUT2D eigenvalue weighted by atomic mass is 9.87. The van der Waals surface area contributed by atoms with E-state index >= 15 is 0 Å². The van der Waals surface area contributed by atoms with Crippen molar-refractivity contribution in [2.45, 2.75) is 37.9 Å². The summed E-state index contributed by atoms with van der Waals surface area (Å²) in [4.78, 5) is 16.4. The number of hydrogen-bond acceptors (Lipinski definition) is 7. The van der Waals surface area contributed by atoms with Crippen molar-refractivity contribution >= 4 is 34.1 Å². The first-order valence-corrected chi connectivity index (χ1v) is 12.3. The molecule has 0 aliphatic rings. The van der Waals surface area contributed by atoms with Crippen LogP contribution in [0.2, 0.25) is 0 Å². The Hall–Kier alpha value is -3.17. The highest BCUT2D eigenvalue weighted by Crippen LogP contribution is 2.26. The lowest BCUT2D eigenvalue weighted by Gasteiger charge is -2.19. The molecule has 2 aromatic carbocycles. The van der Waals surface area contributed by atoms with Crippen molar-refractivity contribution in [1.82, 2.24) is 19.7 Å². The maximum Gasteiger partial charge on any atom is 0.236 e. The Morgan fingerprint density at radius 2 is 1.85 bits per heavy atom. The molecule has 0 spiro atoms. The smallest absolute Gasteiger partial charge is 0.236 e. The van der Waals surface area contributed by atoms with Crippen molar-refractivity contribution in [3.8, 4) is 11.4 Å². The molecule has 2 aromatic heterocycles. The summed E-state index contributed by atoms with van der Waals surface area (Å²) in [6, 6.07) is 17.9. The minimum atomic E-state index is -0.144. The molecule has 33 heavy (non-hydrogen) atoms. The summed E-state index contributed by atoms with van der Waals surface area (Å²) in [6.07, 6.45) is 1.66. The molecule has 4 aromatic rings. The molecule has 0 aliphatic carbocycles. The van der Waals surface area contributed by atoms with Gasteiger partial charge in [-0.2, -0.15) is 0 Å². The number of aromatic nitrogens is 4. The molecule has 1 amide bonds. The predicted molar refractivity (Wildman–Crippen MR) is 132 cm³/mol. The molecule has 0 unspecified atom stereocenters. The van der Waals surface area contributed by atoms with Gasteiger partial charge in [0.1, 0.15) is 12.4 Å². The largest absolute Gasteiger partial charge is 0.486 e. The van der Waals surface area contributed by atoms with Crippen LogP contribution in [-0.2, 0) is 16.8 Å². The van der Waals surface area contributed by atoms with Crippen LogP contribution in [0.1, 0.15) is 32.2 Å². The molecule has 0 aliphatic heterocycles. The average molecular weight is 480 g/mol. The second kappa shape index (κ2) is 10.2. The van der Waals surface area contributed by atoms with Crippen LogP contribution < -0.4 is 10.1 Å². The number of amides is 1. The number of thiazole rings is 1. The van der Waals surface area contributed by atoms with E-state index < -0.39 is 0 Å². The van der Waals surface area contributed by atoms with Gasteiger partial charge in [0.15, 0.2) is 16.1 Å². The number of nitrogens with one attached hydrogen (secondary N) is 1. The highest BCUT2D eigenvalue weighted by atomic mass is 32.2.